The number of alkyl halides is 4. The van der Waals surface area contributed by atoms with Gasteiger partial charge in [-0.2, -0.15) is 8.78 Å². The minimum atomic E-state index is -4.57. The molecule has 1 atom stereocenters. The molecule has 3 amide bonds. The van der Waals surface area contributed by atoms with E-state index in [2.05, 4.69) is 5.32 Å². The molecule has 0 unspecified atom stereocenters. The Bertz CT molecular complexity index is 712. The van der Waals surface area contributed by atoms with Crippen LogP contribution in [0.5, 0.6) is 0 Å². The summed E-state index contributed by atoms with van der Waals surface area (Å²) in [4.78, 5) is 34.1. The molecule has 24 heavy (non-hydrogen) atoms. The minimum absolute atomic E-state index is 0.0228. The predicted octanol–water partition coefficient (Wildman–Crippen LogP) is 2.26. The van der Waals surface area contributed by atoms with Gasteiger partial charge in [0.2, 0.25) is 0 Å². The van der Waals surface area contributed by atoms with Gasteiger partial charge in [0.05, 0.1) is 4.92 Å². The maximum Gasteiger partial charge on any atom is 0.325 e. The van der Waals surface area contributed by atoms with Gasteiger partial charge in [0.15, 0.2) is 0 Å². The summed E-state index contributed by atoms with van der Waals surface area (Å²) >= 11 is 0. The molecule has 1 aliphatic heterocycles. The number of hydrogen-bond acceptors (Lipinski definition) is 4. The van der Waals surface area contributed by atoms with Crippen molar-refractivity contribution >= 4 is 17.6 Å². The van der Waals surface area contributed by atoms with Crippen LogP contribution in [0.2, 0.25) is 0 Å². The van der Waals surface area contributed by atoms with Crippen molar-refractivity contribution in [3.05, 3.63) is 39.9 Å². The molecule has 1 heterocycles. The minimum Gasteiger partial charge on any atom is -0.319 e. The molecular formula is C13H11F4N3O4. The fourth-order valence-electron chi connectivity index (χ4n) is 2.25. The van der Waals surface area contributed by atoms with E-state index in [1.807, 2.05) is 0 Å². The van der Waals surface area contributed by atoms with Crippen LogP contribution in [-0.4, -0.2) is 40.7 Å². The molecule has 1 aromatic rings. The zero-order valence-corrected chi connectivity index (χ0v) is 12.1. The number of carbonyl (C=O) groups is 2. The molecule has 130 valence electrons. The lowest BCUT2D eigenvalue weighted by Crippen LogP contribution is -2.46. The molecule has 1 fully saturated rings. The number of urea groups is 1. The predicted molar refractivity (Wildman–Crippen MR) is 71.6 cm³/mol. The fraction of sp³-hybridized carbons (Fsp3) is 0.385. The van der Waals surface area contributed by atoms with Crippen LogP contribution in [-0.2, 0) is 10.3 Å². The third kappa shape index (κ3) is 2.88. The van der Waals surface area contributed by atoms with Crippen LogP contribution in [0, 0.1) is 10.1 Å². The highest BCUT2D eigenvalue weighted by atomic mass is 19.3. The Morgan fingerprint density at radius 1 is 1.38 bits per heavy atom. The molecule has 1 aliphatic rings. The van der Waals surface area contributed by atoms with Crippen molar-refractivity contribution in [2.75, 3.05) is 6.54 Å². The van der Waals surface area contributed by atoms with E-state index in [-0.39, 0.29) is 16.2 Å². The molecule has 1 N–H and O–H groups in total. The number of rotatable bonds is 5. The van der Waals surface area contributed by atoms with Crippen molar-refractivity contribution < 1.29 is 32.1 Å². The third-order valence-corrected chi connectivity index (χ3v) is 3.60. The van der Waals surface area contributed by atoms with Gasteiger partial charge in [0, 0.05) is 12.1 Å². The number of imide groups is 1. The summed E-state index contributed by atoms with van der Waals surface area (Å²) in [5.41, 5.74) is -2.29. The van der Waals surface area contributed by atoms with E-state index in [0.29, 0.717) is 0 Å². The molecule has 0 bridgehead atoms. The normalized spacial score (nSPS) is 21.3. The van der Waals surface area contributed by atoms with E-state index >= 15 is 0 Å². The van der Waals surface area contributed by atoms with Crippen LogP contribution < -0.4 is 5.32 Å². The van der Waals surface area contributed by atoms with Crippen molar-refractivity contribution in [3.63, 3.8) is 0 Å². The molecule has 0 aromatic heterocycles. The van der Waals surface area contributed by atoms with Crippen LogP contribution in [0.4, 0.5) is 28.0 Å². The van der Waals surface area contributed by atoms with Gasteiger partial charge >= 0.3 is 18.4 Å². The molecule has 2 rings (SSSR count). The van der Waals surface area contributed by atoms with Crippen LogP contribution in [0.1, 0.15) is 12.5 Å². The van der Waals surface area contributed by atoms with E-state index in [0.717, 1.165) is 19.1 Å². The second-order valence-electron chi connectivity index (χ2n) is 5.32. The van der Waals surface area contributed by atoms with Gasteiger partial charge in [0.1, 0.15) is 12.1 Å². The van der Waals surface area contributed by atoms with Crippen molar-refractivity contribution in [3.8, 4) is 0 Å². The summed E-state index contributed by atoms with van der Waals surface area (Å²) in [6.45, 7) is -0.646. The van der Waals surface area contributed by atoms with E-state index in [1.165, 1.54) is 12.1 Å². The molecule has 11 heteroatoms. The standard InChI is InChI=1S/C13H11F4N3O4/c1-12(7-3-2-4-8(5-7)20(23)24)10(21)19(11(22)18-12)6-13(16,17)9(14)15/h2-5,9H,6H2,1H3,(H,18,22)/t12-/m1/s1. The first kappa shape index (κ1) is 17.6. The number of hydrogen-bond donors (Lipinski definition) is 1. The van der Waals surface area contributed by atoms with E-state index in [9.17, 15) is 37.3 Å². The number of nitro groups is 1. The lowest BCUT2D eigenvalue weighted by molar-refractivity contribution is -0.385. The van der Waals surface area contributed by atoms with Gasteiger partial charge in [-0.1, -0.05) is 12.1 Å². The van der Waals surface area contributed by atoms with Gasteiger partial charge in [-0.05, 0) is 12.5 Å². The van der Waals surface area contributed by atoms with Crippen LogP contribution >= 0.6 is 0 Å². The number of carbonyl (C=O) groups excluding carboxylic acids is 2. The van der Waals surface area contributed by atoms with Crippen LogP contribution in [0.25, 0.3) is 0 Å². The lowest BCUT2D eigenvalue weighted by Gasteiger charge is -2.24. The molecule has 0 spiro atoms. The zero-order chi connectivity index (χ0) is 18.3. The third-order valence-electron chi connectivity index (χ3n) is 3.60. The Morgan fingerprint density at radius 2 is 2.00 bits per heavy atom. The number of amides is 3. The van der Waals surface area contributed by atoms with Crippen molar-refractivity contribution in [2.24, 2.45) is 0 Å². The van der Waals surface area contributed by atoms with E-state index in [1.54, 1.807) is 0 Å². The summed E-state index contributed by atoms with van der Waals surface area (Å²) < 4.78 is 50.9. The molecule has 0 radical (unpaired) electrons. The first-order valence-electron chi connectivity index (χ1n) is 6.54. The average molecular weight is 349 g/mol. The van der Waals surface area contributed by atoms with Gasteiger partial charge in [-0.25, -0.2) is 13.6 Å². The molecule has 7 nitrogen and oxygen atoms in total. The Labute approximate surface area is 132 Å². The first-order chi connectivity index (χ1) is 11.0. The lowest BCUT2D eigenvalue weighted by atomic mass is 9.91. The Hall–Kier alpha value is -2.72. The summed E-state index contributed by atoms with van der Waals surface area (Å²) in [5, 5.41) is 12.9. The maximum atomic E-state index is 13.2. The van der Waals surface area contributed by atoms with Gasteiger partial charge < -0.3 is 5.32 Å². The summed E-state index contributed by atoms with van der Waals surface area (Å²) in [6, 6.07) is 3.37. The topological polar surface area (TPSA) is 92.6 Å². The summed E-state index contributed by atoms with van der Waals surface area (Å²) in [7, 11) is 0. The quantitative estimate of drug-likeness (QED) is 0.382. The smallest absolute Gasteiger partial charge is 0.319 e. The number of halogens is 4. The number of nitrogens with one attached hydrogen (secondary N) is 1. The molecule has 1 aromatic carbocycles. The van der Waals surface area contributed by atoms with Crippen LogP contribution in [0.15, 0.2) is 24.3 Å². The van der Waals surface area contributed by atoms with Crippen LogP contribution in [0.3, 0.4) is 0 Å². The van der Waals surface area contributed by atoms with Gasteiger partial charge in [0.25, 0.3) is 11.6 Å². The second-order valence-corrected chi connectivity index (χ2v) is 5.32. The summed E-state index contributed by atoms with van der Waals surface area (Å²) in [6.07, 6.45) is -4.05. The summed E-state index contributed by atoms with van der Waals surface area (Å²) in [5.74, 6) is -5.77. The van der Waals surface area contributed by atoms with Crippen molar-refractivity contribution in [2.45, 2.75) is 24.8 Å². The highest BCUT2D eigenvalue weighted by molar-refractivity contribution is 6.07. The molecule has 0 saturated carbocycles. The molecule has 0 aliphatic carbocycles. The van der Waals surface area contributed by atoms with E-state index < -0.39 is 41.3 Å². The average Bonchev–Trinajstić information content (AvgIpc) is 2.71. The number of benzene rings is 1. The number of nitrogens with zero attached hydrogens (tertiary/aromatic N) is 2. The Balaban J connectivity index is 2.36. The maximum absolute atomic E-state index is 13.2. The fourth-order valence-corrected chi connectivity index (χ4v) is 2.25. The van der Waals surface area contributed by atoms with E-state index in [4.69, 9.17) is 0 Å². The monoisotopic (exact) mass is 349 g/mol. The SMILES string of the molecule is C[C@]1(c2cccc([N+](=O)[O-])c2)NC(=O)N(CC(F)(F)C(F)F)C1=O. The van der Waals surface area contributed by atoms with Crippen molar-refractivity contribution in [1.82, 2.24) is 10.2 Å². The Kier molecular flexibility index (Phi) is 4.21. The molecule has 1 saturated heterocycles. The first-order valence-corrected chi connectivity index (χ1v) is 6.54. The second kappa shape index (κ2) is 5.73. The Morgan fingerprint density at radius 3 is 2.54 bits per heavy atom. The molecular weight excluding hydrogens is 338 g/mol. The van der Waals surface area contributed by atoms with Gasteiger partial charge in [-0.3, -0.25) is 19.8 Å². The van der Waals surface area contributed by atoms with Gasteiger partial charge in [-0.15, -0.1) is 0 Å². The number of nitro benzene ring substituents is 1. The largest absolute Gasteiger partial charge is 0.325 e. The highest BCUT2D eigenvalue weighted by Crippen LogP contribution is 2.33. The zero-order valence-electron chi connectivity index (χ0n) is 12.1. The van der Waals surface area contributed by atoms with Crippen molar-refractivity contribution in [1.29, 1.82) is 0 Å². The highest BCUT2D eigenvalue weighted by Gasteiger charge is 2.54. The number of non-ortho nitro benzene ring substituents is 1.